The lowest BCUT2D eigenvalue weighted by atomic mass is 9.87. The van der Waals surface area contributed by atoms with Gasteiger partial charge >= 0.3 is 5.97 Å². The van der Waals surface area contributed by atoms with Crippen LogP contribution in [0.15, 0.2) is 24.3 Å². The predicted molar refractivity (Wildman–Crippen MR) is 78.6 cm³/mol. The number of carbonyl (C=O) groups is 2. The van der Waals surface area contributed by atoms with Gasteiger partial charge in [-0.2, -0.15) is 5.26 Å². The van der Waals surface area contributed by atoms with Crippen LogP contribution in [0, 0.1) is 11.3 Å². The first-order chi connectivity index (χ1) is 9.74. The topological polar surface area (TPSA) is 79.2 Å². The maximum Gasteiger partial charge on any atom is 0.326 e. The van der Waals surface area contributed by atoms with Crippen LogP contribution >= 0.6 is 0 Å². The molecule has 1 atom stereocenters. The minimum absolute atomic E-state index is 0.0201. The summed E-state index contributed by atoms with van der Waals surface area (Å²) in [5.74, 6) is -0.985. The second-order valence-electron chi connectivity index (χ2n) is 5.77. The Kier molecular flexibility index (Phi) is 5.48. The lowest BCUT2D eigenvalue weighted by molar-refractivity contribution is -0.144. The highest BCUT2D eigenvalue weighted by Crippen LogP contribution is 2.22. The number of carbonyl (C=O) groups excluding carboxylic acids is 2. The number of esters is 1. The molecule has 1 rings (SSSR count). The molecule has 0 aliphatic rings. The molecule has 0 aromatic heterocycles. The average molecular weight is 288 g/mol. The summed E-state index contributed by atoms with van der Waals surface area (Å²) in [6.45, 7) is 7.48. The first-order valence-corrected chi connectivity index (χ1v) is 6.72. The van der Waals surface area contributed by atoms with E-state index in [2.05, 4.69) is 26.1 Å². The number of rotatable bonds is 4. The number of ether oxygens (including phenoxy) is 1. The summed E-state index contributed by atoms with van der Waals surface area (Å²) in [7, 11) is 0. The summed E-state index contributed by atoms with van der Waals surface area (Å²) in [4.78, 5) is 23.2. The molecule has 5 nitrogen and oxygen atoms in total. The third-order valence-corrected chi connectivity index (χ3v) is 2.90. The summed E-state index contributed by atoms with van der Waals surface area (Å²) < 4.78 is 4.73. The van der Waals surface area contributed by atoms with E-state index in [4.69, 9.17) is 10.00 Å². The van der Waals surface area contributed by atoms with Gasteiger partial charge in [-0.1, -0.05) is 32.9 Å². The zero-order valence-corrected chi connectivity index (χ0v) is 12.8. The van der Waals surface area contributed by atoms with E-state index < -0.39 is 12.1 Å². The Morgan fingerprint density at radius 1 is 1.29 bits per heavy atom. The molecule has 0 fully saturated rings. The van der Waals surface area contributed by atoms with Crippen LogP contribution in [0.2, 0.25) is 0 Å². The average Bonchev–Trinajstić information content (AvgIpc) is 2.43. The number of nitrogens with one attached hydrogen (secondary N) is 1. The summed E-state index contributed by atoms with van der Waals surface area (Å²) in [5, 5.41) is 11.0. The number of amides is 1. The second kappa shape index (κ2) is 6.89. The predicted octanol–water partition coefficient (Wildman–Crippen LogP) is 2.17. The van der Waals surface area contributed by atoms with Gasteiger partial charge in [-0.05, 0) is 30.0 Å². The van der Waals surface area contributed by atoms with Crippen molar-refractivity contribution in [2.75, 3.05) is 6.54 Å². The Bertz CT molecular complexity index is 550. The Morgan fingerprint density at radius 2 is 1.86 bits per heavy atom. The number of hydrogen-bond acceptors (Lipinski definition) is 4. The standard InChI is InChI=1S/C16H20N2O3/c1-11(9-17)21-14(19)10-18-15(20)12-5-7-13(8-6-12)16(2,3)4/h5-8,11H,10H2,1-4H3,(H,18,20)/t11-/m1/s1. The van der Waals surface area contributed by atoms with Crippen LogP contribution in [0.4, 0.5) is 0 Å². The maximum absolute atomic E-state index is 11.9. The smallest absolute Gasteiger partial charge is 0.326 e. The minimum Gasteiger partial charge on any atom is -0.446 e. The molecule has 5 heteroatoms. The van der Waals surface area contributed by atoms with Crippen LogP contribution < -0.4 is 5.32 Å². The molecule has 0 spiro atoms. The van der Waals surface area contributed by atoms with Crippen molar-refractivity contribution in [3.63, 3.8) is 0 Å². The van der Waals surface area contributed by atoms with E-state index in [-0.39, 0.29) is 17.9 Å². The molecule has 0 unspecified atom stereocenters. The monoisotopic (exact) mass is 288 g/mol. The fraction of sp³-hybridized carbons (Fsp3) is 0.438. The van der Waals surface area contributed by atoms with E-state index in [1.807, 2.05) is 12.1 Å². The van der Waals surface area contributed by atoms with Gasteiger partial charge in [0.25, 0.3) is 5.91 Å². The molecule has 0 aliphatic heterocycles. The molecule has 0 radical (unpaired) electrons. The van der Waals surface area contributed by atoms with Gasteiger partial charge in [0.15, 0.2) is 6.10 Å². The Labute approximate surface area is 124 Å². The first kappa shape index (κ1) is 16.7. The molecule has 112 valence electrons. The third-order valence-electron chi connectivity index (χ3n) is 2.90. The SMILES string of the molecule is C[C@H](C#N)OC(=O)CNC(=O)c1ccc(C(C)(C)C)cc1. The fourth-order valence-corrected chi connectivity index (χ4v) is 1.64. The van der Waals surface area contributed by atoms with E-state index in [9.17, 15) is 9.59 Å². The van der Waals surface area contributed by atoms with E-state index in [0.29, 0.717) is 5.56 Å². The van der Waals surface area contributed by atoms with Gasteiger partial charge in [0.2, 0.25) is 0 Å². The van der Waals surface area contributed by atoms with Crippen molar-refractivity contribution in [1.82, 2.24) is 5.32 Å². The number of hydrogen-bond donors (Lipinski definition) is 1. The summed E-state index contributed by atoms with van der Waals surface area (Å²) in [5.41, 5.74) is 1.62. The van der Waals surface area contributed by atoms with Crippen LogP contribution in [0.1, 0.15) is 43.6 Å². The van der Waals surface area contributed by atoms with Crippen LogP contribution in [-0.4, -0.2) is 24.5 Å². The molecule has 1 aromatic rings. The number of benzene rings is 1. The molecule has 1 N–H and O–H groups in total. The number of nitriles is 1. The van der Waals surface area contributed by atoms with Crippen molar-refractivity contribution in [2.24, 2.45) is 0 Å². The van der Waals surface area contributed by atoms with Crippen LogP contribution in [-0.2, 0) is 14.9 Å². The molecule has 0 aliphatic carbocycles. The summed E-state index contributed by atoms with van der Waals surface area (Å²) >= 11 is 0. The van der Waals surface area contributed by atoms with Crippen molar-refractivity contribution in [1.29, 1.82) is 5.26 Å². The highest BCUT2D eigenvalue weighted by Gasteiger charge is 2.15. The van der Waals surface area contributed by atoms with Gasteiger partial charge in [0, 0.05) is 5.56 Å². The van der Waals surface area contributed by atoms with E-state index in [1.54, 1.807) is 18.2 Å². The van der Waals surface area contributed by atoms with E-state index >= 15 is 0 Å². The van der Waals surface area contributed by atoms with E-state index in [0.717, 1.165) is 5.56 Å². The quantitative estimate of drug-likeness (QED) is 0.861. The van der Waals surface area contributed by atoms with E-state index in [1.165, 1.54) is 6.92 Å². The van der Waals surface area contributed by atoms with Gasteiger partial charge in [-0.15, -0.1) is 0 Å². The lowest BCUT2D eigenvalue weighted by Gasteiger charge is -2.19. The Hall–Kier alpha value is -2.35. The summed E-state index contributed by atoms with van der Waals surface area (Å²) in [6.07, 6.45) is -0.819. The van der Waals surface area contributed by atoms with Gasteiger partial charge in [0.05, 0.1) is 0 Å². The van der Waals surface area contributed by atoms with Crippen molar-refractivity contribution >= 4 is 11.9 Å². The van der Waals surface area contributed by atoms with Crippen molar-refractivity contribution in [2.45, 2.75) is 39.2 Å². The summed E-state index contributed by atoms with van der Waals surface area (Å²) in [6, 6.07) is 9.01. The van der Waals surface area contributed by atoms with Gasteiger partial charge in [-0.3, -0.25) is 9.59 Å². The second-order valence-corrected chi connectivity index (χ2v) is 5.77. The Balaban J connectivity index is 2.57. The highest BCUT2D eigenvalue weighted by molar-refractivity contribution is 5.95. The van der Waals surface area contributed by atoms with Crippen molar-refractivity contribution in [3.8, 4) is 6.07 Å². The normalized spacial score (nSPS) is 12.1. The van der Waals surface area contributed by atoms with Crippen LogP contribution in [0.3, 0.4) is 0 Å². The molecule has 0 saturated carbocycles. The molecular weight excluding hydrogens is 268 g/mol. The zero-order chi connectivity index (χ0) is 16.0. The van der Waals surface area contributed by atoms with Gasteiger partial charge in [0.1, 0.15) is 12.6 Å². The molecule has 0 heterocycles. The first-order valence-electron chi connectivity index (χ1n) is 6.72. The highest BCUT2D eigenvalue weighted by atomic mass is 16.5. The largest absolute Gasteiger partial charge is 0.446 e. The maximum atomic E-state index is 11.9. The molecular formula is C16H20N2O3. The van der Waals surface area contributed by atoms with Gasteiger partial charge in [-0.25, -0.2) is 0 Å². The van der Waals surface area contributed by atoms with Gasteiger partial charge < -0.3 is 10.1 Å². The lowest BCUT2D eigenvalue weighted by Crippen LogP contribution is -2.31. The molecule has 1 amide bonds. The van der Waals surface area contributed by atoms with Crippen molar-refractivity contribution in [3.05, 3.63) is 35.4 Å². The fourth-order valence-electron chi connectivity index (χ4n) is 1.64. The molecule has 21 heavy (non-hydrogen) atoms. The van der Waals surface area contributed by atoms with Crippen LogP contribution in [0.5, 0.6) is 0 Å². The zero-order valence-electron chi connectivity index (χ0n) is 12.8. The molecule has 0 saturated heterocycles. The number of nitrogens with zero attached hydrogens (tertiary/aromatic N) is 1. The Morgan fingerprint density at radius 3 is 2.33 bits per heavy atom. The minimum atomic E-state index is -0.819. The van der Waals surface area contributed by atoms with Crippen LogP contribution in [0.25, 0.3) is 0 Å². The molecule has 1 aromatic carbocycles. The third kappa shape index (κ3) is 5.27. The van der Waals surface area contributed by atoms with Crippen molar-refractivity contribution < 1.29 is 14.3 Å². The molecule has 0 bridgehead atoms.